The Morgan fingerprint density at radius 2 is 0.838 bits per heavy atom. The molecule has 0 saturated carbocycles. The van der Waals surface area contributed by atoms with Crippen molar-refractivity contribution >= 4 is 47.6 Å². The zero-order valence-corrected chi connectivity index (χ0v) is 58.4. The van der Waals surface area contributed by atoms with Crippen LogP contribution in [-0.4, -0.2) is 155 Å². The number of nitrogens with one attached hydrogen (secondary N) is 6. The fraction of sp³-hybridized carbons (Fsp3) is 0.436. The van der Waals surface area contributed by atoms with Gasteiger partial charge in [-0.3, -0.25) is 28.8 Å². The van der Waals surface area contributed by atoms with Gasteiger partial charge in [0.1, 0.15) is 29.7 Å². The lowest BCUT2D eigenvalue weighted by Gasteiger charge is -2.37. The van der Waals surface area contributed by atoms with Crippen LogP contribution < -0.4 is 41.4 Å². The van der Waals surface area contributed by atoms with Gasteiger partial charge in [-0.25, -0.2) is 9.59 Å². The van der Waals surface area contributed by atoms with Gasteiger partial charge in [0.05, 0.1) is 31.0 Å². The molecule has 8 rings (SSSR count). The highest BCUT2D eigenvalue weighted by Crippen LogP contribution is 2.26. The second-order valence-electron chi connectivity index (χ2n) is 26.4. The van der Waals surface area contributed by atoms with Crippen LogP contribution in [0.4, 0.5) is 9.59 Å². The fourth-order valence-corrected chi connectivity index (χ4v) is 12.8. The zero-order chi connectivity index (χ0) is 71.4. The molecule has 2 aliphatic rings. The smallest absolute Gasteiger partial charge is 0.318 e. The van der Waals surface area contributed by atoms with E-state index < -0.39 is 72.7 Å². The Labute approximate surface area is 582 Å². The van der Waals surface area contributed by atoms with E-state index in [9.17, 15) is 48.6 Å². The van der Waals surface area contributed by atoms with Crippen molar-refractivity contribution in [3.8, 4) is 11.5 Å². The molecular weight excluding hydrogens is 1260 g/mol. The maximum Gasteiger partial charge on any atom is 0.318 e. The summed E-state index contributed by atoms with van der Waals surface area (Å²) in [6.07, 6.45) is 0.439. The van der Waals surface area contributed by atoms with Crippen LogP contribution in [-0.2, 0) is 59.2 Å². The highest BCUT2D eigenvalue weighted by atomic mass is 16.5. The number of rotatable bonds is 34. The molecule has 8 atom stereocenters. The molecule has 2 saturated heterocycles. The molecule has 2 aliphatic heterocycles. The van der Waals surface area contributed by atoms with Gasteiger partial charge in [0.15, 0.2) is 13.2 Å². The number of nitrogens with zero attached hydrogens (tertiary/aromatic N) is 2. The van der Waals surface area contributed by atoms with Gasteiger partial charge in [0.25, 0.3) is 11.8 Å². The van der Waals surface area contributed by atoms with E-state index in [1.165, 1.54) is 0 Å². The summed E-state index contributed by atoms with van der Waals surface area (Å²) in [5, 5.41) is 39.1. The molecule has 0 aromatic heterocycles. The number of para-hydroxylation sites is 2. The first kappa shape index (κ1) is 76.6. The molecule has 0 spiro atoms. The monoisotopic (exact) mass is 1360 g/mol. The van der Waals surface area contributed by atoms with Gasteiger partial charge >= 0.3 is 24.0 Å². The number of aliphatic carboxylic acids is 1. The Morgan fingerprint density at radius 1 is 0.475 bits per heavy atom. The van der Waals surface area contributed by atoms with E-state index in [-0.39, 0.29) is 80.5 Å². The number of amides is 8. The van der Waals surface area contributed by atoms with Gasteiger partial charge in [-0.1, -0.05) is 185 Å². The highest BCUT2D eigenvalue weighted by molar-refractivity contribution is 5.89. The SMILES string of the molecule is Cc1cccc(C)c1OCC(=O)NC(Cc1ccccc1)[C@@H](O)CC(Cc1ccccc1)NC(=O)[C@H](C(C)C)N1CCCNC1=O.Cc1cccc(C)c1OCC(=O)NC(Cc1ccccc1)[C@H](CC(Cc1ccccc1)NC(=O)[C@H](C(C)C)N1CCCNC1=O)OC(=O)CCC(=O)O. The third kappa shape index (κ3) is 24.6. The van der Waals surface area contributed by atoms with Gasteiger partial charge in [0.2, 0.25) is 11.8 Å². The summed E-state index contributed by atoms with van der Waals surface area (Å²) in [5.41, 5.74) is 7.38. The number of esters is 1. The quantitative estimate of drug-likeness (QED) is 0.0175. The largest absolute Gasteiger partial charge is 0.483 e. The molecule has 4 unspecified atom stereocenters. The number of benzene rings is 6. The number of carboxylic acids is 1. The molecular formula is C78H100N8O13. The topological polar surface area (TPSA) is 283 Å². The third-order valence-electron chi connectivity index (χ3n) is 17.6. The number of aliphatic hydroxyl groups is 1. The minimum atomic E-state index is -1.15. The Kier molecular flexibility index (Phi) is 30.2. The number of ether oxygens (including phenoxy) is 3. The zero-order valence-electron chi connectivity index (χ0n) is 58.4. The van der Waals surface area contributed by atoms with Crippen LogP contribution in [0.1, 0.15) is 111 Å². The van der Waals surface area contributed by atoms with Gasteiger partial charge in [-0.05, 0) is 129 Å². The van der Waals surface area contributed by atoms with Crippen LogP contribution in [0.5, 0.6) is 11.5 Å². The van der Waals surface area contributed by atoms with Crippen molar-refractivity contribution in [1.82, 2.24) is 41.7 Å². The minimum Gasteiger partial charge on any atom is -0.483 e. The number of carboxylic acid groups (broad SMARTS) is 1. The van der Waals surface area contributed by atoms with E-state index in [1.54, 1.807) is 9.80 Å². The molecule has 6 aromatic carbocycles. The second kappa shape index (κ2) is 39.0. The first-order chi connectivity index (χ1) is 47.5. The fourth-order valence-electron chi connectivity index (χ4n) is 12.8. The third-order valence-corrected chi connectivity index (χ3v) is 17.6. The first-order valence-corrected chi connectivity index (χ1v) is 34.4. The van der Waals surface area contributed by atoms with Crippen molar-refractivity contribution in [2.45, 2.75) is 168 Å². The molecule has 21 heteroatoms. The lowest BCUT2D eigenvalue weighted by molar-refractivity contribution is -0.154. The van der Waals surface area contributed by atoms with E-state index in [0.29, 0.717) is 63.4 Å². The number of hydrogen-bond donors (Lipinski definition) is 8. The Balaban J connectivity index is 0.000000281. The van der Waals surface area contributed by atoms with E-state index in [1.807, 2.05) is 213 Å². The van der Waals surface area contributed by atoms with Crippen molar-refractivity contribution < 1.29 is 62.8 Å². The van der Waals surface area contributed by atoms with Gasteiger partial charge in [0, 0.05) is 44.7 Å². The summed E-state index contributed by atoms with van der Waals surface area (Å²) in [5.74, 6) is -2.33. The van der Waals surface area contributed by atoms with Crippen LogP contribution in [0.3, 0.4) is 0 Å². The van der Waals surface area contributed by atoms with Crippen molar-refractivity contribution in [2.24, 2.45) is 11.8 Å². The molecule has 6 aromatic rings. The summed E-state index contributed by atoms with van der Waals surface area (Å²) in [6.45, 7) is 16.9. The average Bonchev–Trinajstić information content (AvgIpc) is 0.947. The molecule has 0 bridgehead atoms. The summed E-state index contributed by atoms with van der Waals surface area (Å²) < 4.78 is 17.9. The summed E-state index contributed by atoms with van der Waals surface area (Å²) in [6, 6.07) is 45.5. The molecule has 21 nitrogen and oxygen atoms in total. The second-order valence-corrected chi connectivity index (χ2v) is 26.4. The lowest BCUT2D eigenvalue weighted by atomic mass is 9.92. The molecule has 0 radical (unpaired) electrons. The van der Waals surface area contributed by atoms with E-state index in [0.717, 1.165) is 50.9 Å². The first-order valence-electron chi connectivity index (χ1n) is 34.4. The number of urea groups is 2. The summed E-state index contributed by atoms with van der Waals surface area (Å²) in [4.78, 5) is 108. The Morgan fingerprint density at radius 3 is 1.21 bits per heavy atom. The molecule has 8 amide bonds. The predicted molar refractivity (Wildman–Crippen MR) is 380 cm³/mol. The van der Waals surface area contributed by atoms with Crippen molar-refractivity contribution in [3.63, 3.8) is 0 Å². The molecule has 8 N–H and O–H groups in total. The number of aryl methyl sites for hydroxylation is 4. The molecule has 99 heavy (non-hydrogen) atoms. The highest BCUT2D eigenvalue weighted by Gasteiger charge is 2.39. The van der Waals surface area contributed by atoms with Crippen molar-refractivity contribution in [1.29, 1.82) is 0 Å². The standard InChI is InChI=1S/C41H52N4O8.C37H48N4O5/c1-27(2)38(45-22-12-21-42-41(45)51)40(50)43-32(23-30-15-7-5-8-16-30)25-34(53-37(49)20-19-36(47)48)33(24-31-17-9-6-10-18-31)44-35(46)26-52-39-28(3)13-11-14-29(39)4;1-25(2)34(41-20-12-19-38-37(41)45)36(44)39-30(21-28-15-7-5-8-16-28)23-32(42)31(22-29-17-9-6-10-18-29)40-33(43)24-46-35-26(3)13-11-14-27(35)4/h5-11,13-18,27,32-34,38H,12,19-26H2,1-4H3,(H,42,51)(H,43,50)(H,44,46)(H,47,48);5-11,13-18,25,30-32,34,42H,12,19-24H2,1-4H3,(H,38,45)(H,39,44)(H,40,43)/t32?,33?,34-,38-;30?,31?,32-,34-/m00/s1. The molecule has 2 heterocycles. The molecule has 530 valence electrons. The lowest BCUT2D eigenvalue weighted by Crippen LogP contribution is -2.59. The summed E-state index contributed by atoms with van der Waals surface area (Å²) in [7, 11) is 0. The maximum absolute atomic E-state index is 14.1. The predicted octanol–water partition coefficient (Wildman–Crippen LogP) is 9.07. The van der Waals surface area contributed by atoms with E-state index in [4.69, 9.17) is 14.2 Å². The van der Waals surface area contributed by atoms with E-state index in [2.05, 4.69) is 31.9 Å². The van der Waals surface area contributed by atoms with Crippen LogP contribution in [0.25, 0.3) is 0 Å². The number of carbonyl (C=O) groups is 8. The van der Waals surface area contributed by atoms with Gasteiger partial charge < -0.3 is 66.1 Å². The van der Waals surface area contributed by atoms with Gasteiger partial charge in [-0.15, -0.1) is 0 Å². The minimum absolute atomic E-state index is 0.0754. The summed E-state index contributed by atoms with van der Waals surface area (Å²) >= 11 is 0. The Hall–Kier alpha value is -9.76. The van der Waals surface area contributed by atoms with Crippen molar-refractivity contribution in [3.05, 3.63) is 202 Å². The van der Waals surface area contributed by atoms with Crippen LogP contribution in [0.15, 0.2) is 158 Å². The maximum atomic E-state index is 14.1. The number of aliphatic hydroxyl groups excluding tert-OH is 1. The number of carbonyl (C=O) groups excluding carboxylic acids is 7. The van der Waals surface area contributed by atoms with Crippen LogP contribution >= 0.6 is 0 Å². The average molecular weight is 1360 g/mol. The normalized spacial score (nSPS) is 15.4. The van der Waals surface area contributed by atoms with Crippen molar-refractivity contribution in [2.75, 3.05) is 39.4 Å². The van der Waals surface area contributed by atoms with Crippen LogP contribution in [0.2, 0.25) is 0 Å². The van der Waals surface area contributed by atoms with E-state index >= 15 is 0 Å². The molecule has 2 fully saturated rings. The molecule has 0 aliphatic carbocycles. The van der Waals surface area contributed by atoms with Crippen LogP contribution in [0, 0.1) is 39.5 Å². The Bertz CT molecular complexity index is 3540. The number of hydrogen-bond acceptors (Lipinski definition) is 12. The van der Waals surface area contributed by atoms with Gasteiger partial charge in [-0.2, -0.15) is 0 Å².